The molecule has 9 aromatic carbocycles. The zero-order valence-electron chi connectivity index (χ0n) is 33.0. The van der Waals surface area contributed by atoms with Gasteiger partial charge in [0.2, 0.25) is 0 Å². The summed E-state index contributed by atoms with van der Waals surface area (Å²) in [6, 6.07) is 67.0. The van der Waals surface area contributed by atoms with E-state index in [1.165, 1.54) is 0 Å². The van der Waals surface area contributed by atoms with Crippen LogP contribution in [-0.4, -0.2) is 0 Å². The van der Waals surface area contributed by atoms with Crippen LogP contribution in [0.5, 0.6) is 0 Å². The van der Waals surface area contributed by atoms with Gasteiger partial charge >= 0.3 is 0 Å². The molecule has 0 radical (unpaired) electrons. The SMILES string of the molecule is [2H]c1c([2H])c(N(c2ccc(-c3ccccc3)cc2)c2ccc(-c3ccc(-c4ccccc4)c(-c4ccccc4)c3)cc2)c([2H])c([2H])c1-c1ccc2ccccc2c1. The van der Waals surface area contributed by atoms with Gasteiger partial charge in [-0.1, -0.05) is 176 Å². The molecule has 0 heterocycles. The van der Waals surface area contributed by atoms with Crippen LogP contribution in [0.4, 0.5) is 17.1 Å². The van der Waals surface area contributed by atoms with Crippen LogP contribution in [0.2, 0.25) is 0 Å². The highest BCUT2D eigenvalue weighted by Crippen LogP contribution is 2.40. The maximum atomic E-state index is 9.43. The highest BCUT2D eigenvalue weighted by molar-refractivity contribution is 5.89. The first kappa shape index (κ1) is 27.7. The predicted octanol–water partition coefficient (Wildman–Crippen LogP) is 14.6. The Morgan fingerprint density at radius 2 is 0.698 bits per heavy atom. The van der Waals surface area contributed by atoms with Crippen molar-refractivity contribution in [2.75, 3.05) is 4.90 Å². The van der Waals surface area contributed by atoms with Crippen LogP contribution in [0.25, 0.3) is 66.4 Å². The molecule has 9 aromatic rings. The van der Waals surface area contributed by atoms with Gasteiger partial charge in [0.25, 0.3) is 0 Å². The largest absolute Gasteiger partial charge is 0.311 e. The number of hydrogen-bond acceptors (Lipinski definition) is 1. The molecule has 0 aromatic heterocycles. The van der Waals surface area contributed by atoms with Crippen LogP contribution in [0.15, 0.2) is 224 Å². The van der Waals surface area contributed by atoms with Crippen LogP contribution in [-0.2, 0) is 0 Å². The average molecular weight is 680 g/mol. The lowest BCUT2D eigenvalue weighted by molar-refractivity contribution is 1.28. The minimum atomic E-state index is -0.112. The summed E-state index contributed by atoms with van der Waals surface area (Å²) >= 11 is 0. The molecule has 0 fully saturated rings. The van der Waals surface area contributed by atoms with E-state index >= 15 is 0 Å². The van der Waals surface area contributed by atoms with Gasteiger partial charge in [0.1, 0.15) is 0 Å². The standard InChI is InChI=1S/C52H37N/c1-4-12-38(13-5-1)40-22-29-48(30-23-40)53(49-31-24-41(25-32-49)46-21-20-39-14-10-11-19-45(39)36-46)50-33-26-42(27-34-50)47-28-35-51(43-15-6-2-7-16-43)52(37-47)44-17-8-3-9-18-44/h1-37H/i24D,25D,31D,32D. The van der Waals surface area contributed by atoms with Crippen molar-refractivity contribution >= 4 is 27.8 Å². The van der Waals surface area contributed by atoms with Crippen LogP contribution in [0.3, 0.4) is 0 Å². The first-order valence-corrected chi connectivity index (χ1v) is 17.8. The van der Waals surface area contributed by atoms with Gasteiger partial charge in [-0.3, -0.25) is 0 Å². The van der Waals surface area contributed by atoms with Gasteiger partial charge in [-0.05, 0) is 115 Å². The fraction of sp³-hybridized carbons (Fsp3) is 0. The van der Waals surface area contributed by atoms with Crippen molar-refractivity contribution in [3.63, 3.8) is 0 Å². The van der Waals surface area contributed by atoms with E-state index in [1.807, 2.05) is 114 Å². The Balaban J connectivity index is 1.16. The Bertz CT molecular complexity index is 2830. The summed E-state index contributed by atoms with van der Waals surface area (Å²) in [6.07, 6.45) is 0. The van der Waals surface area contributed by atoms with Gasteiger partial charge in [-0.25, -0.2) is 0 Å². The second-order valence-corrected chi connectivity index (χ2v) is 13.1. The number of nitrogens with zero attached hydrogens (tertiary/aromatic N) is 1. The smallest absolute Gasteiger partial charge is 0.0645 e. The van der Waals surface area contributed by atoms with Crippen LogP contribution < -0.4 is 4.90 Å². The minimum absolute atomic E-state index is 0.0873. The van der Waals surface area contributed by atoms with E-state index in [-0.39, 0.29) is 35.4 Å². The lowest BCUT2D eigenvalue weighted by Crippen LogP contribution is -2.09. The fourth-order valence-corrected chi connectivity index (χ4v) is 7.00. The summed E-state index contributed by atoms with van der Waals surface area (Å²) in [5.41, 5.74) is 11.3. The van der Waals surface area contributed by atoms with Crippen LogP contribution >= 0.6 is 0 Å². The third-order valence-electron chi connectivity index (χ3n) is 9.75. The molecule has 0 saturated carbocycles. The maximum absolute atomic E-state index is 9.43. The highest BCUT2D eigenvalue weighted by Gasteiger charge is 2.15. The maximum Gasteiger partial charge on any atom is 0.0645 e. The van der Waals surface area contributed by atoms with E-state index < -0.39 is 0 Å². The Morgan fingerprint density at radius 1 is 0.264 bits per heavy atom. The van der Waals surface area contributed by atoms with Gasteiger partial charge < -0.3 is 4.90 Å². The molecule has 0 amide bonds. The average Bonchev–Trinajstić information content (AvgIpc) is 3.28. The molecular formula is C52H37N. The molecule has 250 valence electrons. The van der Waals surface area contributed by atoms with Gasteiger partial charge in [0.15, 0.2) is 0 Å². The van der Waals surface area contributed by atoms with E-state index in [4.69, 9.17) is 0 Å². The van der Waals surface area contributed by atoms with Crippen molar-refractivity contribution in [3.05, 3.63) is 224 Å². The second-order valence-electron chi connectivity index (χ2n) is 13.1. The fourth-order valence-electron chi connectivity index (χ4n) is 7.00. The molecule has 0 aliphatic carbocycles. The van der Waals surface area contributed by atoms with Crippen LogP contribution in [0.1, 0.15) is 5.48 Å². The molecule has 0 aliphatic heterocycles. The summed E-state index contributed by atoms with van der Waals surface area (Å²) in [5.74, 6) is 0. The lowest BCUT2D eigenvalue weighted by Gasteiger charge is -2.26. The summed E-state index contributed by atoms with van der Waals surface area (Å²) < 4.78 is 37.4. The van der Waals surface area contributed by atoms with E-state index in [2.05, 4.69) is 91.0 Å². The van der Waals surface area contributed by atoms with E-state index in [1.54, 1.807) is 0 Å². The number of rotatable bonds is 8. The summed E-state index contributed by atoms with van der Waals surface area (Å²) in [5, 5.41) is 2.02. The minimum Gasteiger partial charge on any atom is -0.311 e. The highest BCUT2D eigenvalue weighted by atomic mass is 15.1. The van der Waals surface area contributed by atoms with Crippen LogP contribution in [0, 0.1) is 0 Å². The number of benzene rings is 9. The first-order valence-electron chi connectivity index (χ1n) is 19.8. The quantitative estimate of drug-likeness (QED) is 0.154. The molecule has 0 saturated heterocycles. The third-order valence-corrected chi connectivity index (χ3v) is 9.75. The predicted molar refractivity (Wildman–Crippen MR) is 226 cm³/mol. The zero-order chi connectivity index (χ0) is 38.9. The molecule has 0 atom stereocenters. The molecule has 0 spiro atoms. The Kier molecular flexibility index (Phi) is 7.50. The molecule has 0 unspecified atom stereocenters. The number of fused-ring (bicyclic) bond motifs is 1. The topological polar surface area (TPSA) is 3.24 Å². The molecule has 0 aliphatic rings. The molecule has 0 N–H and O–H groups in total. The Hall–Kier alpha value is -6.96. The van der Waals surface area contributed by atoms with Crippen molar-refractivity contribution in [2.45, 2.75) is 0 Å². The zero-order valence-corrected chi connectivity index (χ0v) is 29.0. The van der Waals surface area contributed by atoms with Crippen molar-refractivity contribution in [1.29, 1.82) is 0 Å². The Labute approximate surface area is 317 Å². The molecule has 53 heavy (non-hydrogen) atoms. The van der Waals surface area contributed by atoms with E-state index in [0.717, 1.165) is 66.7 Å². The molecule has 1 nitrogen and oxygen atoms in total. The second kappa shape index (κ2) is 14.3. The van der Waals surface area contributed by atoms with E-state index in [9.17, 15) is 5.48 Å². The van der Waals surface area contributed by atoms with E-state index in [0.29, 0.717) is 5.56 Å². The molecular weight excluding hydrogens is 639 g/mol. The Morgan fingerprint density at radius 3 is 1.30 bits per heavy atom. The summed E-state index contributed by atoms with van der Waals surface area (Å²) in [6.45, 7) is 0. The van der Waals surface area contributed by atoms with Crippen molar-refractivity contribution < 1.29 is 5.48 Å². The monoisotopic (exact) mass is 679 g/mol. The summed E-state index contributed by atoms with van der Waals surface area (Å²) in [7, 11) is 0. The molecule has 9 rings (SSSR count). The first-order chi connectivity index (χ1) is 27.9. The number of anilines is 3. The van der Waals surface area contributed by atoms with Gasteiger partial charge in [-0.15, -0.1) is 0 Å². The van der Waals surface area contributed by atoms with Gasteiger partial charge in [-0.2, -0.15) is 0 Å². The van der Waals surface area contributed by atoms with Crippen molar-refractivity contribution in [3.8, 4) is 55.6 Å². The lowest BCUT2D eigenvalue weighted by atomic mass is 9.91. The van der Waals surface area contributed by atoms with Crippen molar-refractivity contribution in [2.24, 2.45) is 0 Å². The van der Waals surface area contributed by atoms with Crippen molar-refractivity contribution in [1.82, 2.24) is 0 Å². The molecule has 1 heteroatoms. The number of hydrogen-bond donors (Lipinski definition) is 0. The summed E-state index contributed by atoms with van der Waals surface area (Å²) in [4.78, 5) is 1.84. The van der Waals surface area contributed by atoms with Gasteiger partial charge in [0, 0.05) is 17.1 Å². The normalized spacial score (nSPS) is 12.1. The molecule has 0 bridgehead atoms. The third kappa shape index (κ3) is 6.65. The van der Waals surface area contributed by atoms with Gasteiger partial charge in [0.05, 0.1) is 5.48 Å².